The maximum absolute atomic E-state index is 5.96. The van der Waals surface area contributed by atoms with E-state index in [4.69, 9.17) is 5.73 Å². The number of nitrogens with zero attached hydrogens (tertiary/aromatic N) is 1. The molecule has 2 nitrogen and oxygen atoms in total. The van der Waals surface area contributed by atoms with Gasteiger partial charge < -0.3 is 10.6 Å². The van der Waals surface area contributed by atoms with E-state index in [0.29, 0.717) is 6.04 Å². The molecule has 0 aliphatic heterocycles. The third kappa shape index (κ3) is 3.99. The molecule has 102 valence electrons. The Bertz CT molecular complexity index is 377. The summed E-state index contributed by atoms with van der Waals surface area (Å²) < 4.78 is 1.13. The first kappa shape index (κ1) is 15.5. The van der Waals surface area contributed by atoms with Crippen LogP contribution in [0.4, 0.5) is 5.69 Å². The second-order valence-corrected chi connectivity index (χ2v) is 5.91. The van der Waals surface area contributed by atoms with Crippen molar-refractivity contribution in [2.75, 3.05) is 11.4 Å². The first-order chi connectivity index (χ1) is 8.49. The minimum Gasteiger partial charge on any atom is -0.369 e. The van der Waals surface area contributed by atoms with Gasteiger partial charge in [-0.15, -0.1) is 0 Å². The molecule has 1 aromatic rings. The number of anilines is 1. The van der Waals surface area contributed by atoms with Gasteiger partial charge >= 0.3 is 0 Å². The van der Waals surface area contributed by atoms with Crippen molar-refractivity contribution in [2.45, 2.75) is 52.6 Å². The van der Waals surface area contributed by atoms with Crippen LogP contribution in [0.1, 0.15) is 39.7 Å². The van der Waals surface area contributed by atoms with E-state index in [-0.39, 0.29) is 6.04 Å². The zero-order chi connectivity index (χ0) is 13.7. The van der Waals surface area contributed by atoms with Crippen molar-refractivity contribution in [3.8, 4) is 0 Å². The molecule has 0 saturated carbocycles. The van der Waals surface area contributed by atoms with Crippen molar-refractivity contribution in [3.63, 3.8) is 0 Å². The van der Waals surface area contributed by atoms with Crippen LogP contribution in [0.2, 0.25) is 0 Å². The SMILES string of the molecule is CCC(C)N(CC)c1ccc(Br)cc1CC(C)N. The van der Waals surface area contributed by atoms with E-state index < -0.39 is 0 Å². The van der Waals surface area contributed by atoms with Crippen LogP contribution in [0.15, 0.2) is 22.7 Å². The molecular formula is C15H25BrN2. The average molecular weight is 313 g/mol. The summed E-state index contributed by atoms with van der Waals surface area (Å²) in [5.74, 6) is 0. The summed E-state index contributed by atoms with van der Waals surface area (Å²) in [6.45, 7) is 9.81. The Morgan fingerprint density at radius 1 is 1.28 bits per heavy atom. The normalized spacial score (nSPS) is 14.3. The lowest BCUT2D eigenvalue weighted by molar-refractivity contribution is 0.624. The highest BCUT2D eigenvalue weighted by molar-refractivity contribution is 9.10. The third-order valence-electron chi connectivity index (χ3n) is 3.36. The Morgan fingerprint density at radius 2 is 1.94 bits per heavy atom. The van der Waals surface area contributed by atoms with Gasteiger partial charge in [-0.2, -0.15) is 0 Å². The quantitative estimate of drug-likeness (QED) is 0.861. The van der Waals surface area contributed by atoms with Gasteiger partial charge in [0, 0.05) is 28.8 Å². The van der Waals surface area contributed by atoms with Crippen LogP contribution in [-0.2, 0) is 6.42 Å². The third-order valence-corrected chi connectivity index (χ3v) is 3.85. The molecule has 0 aliphatic carbocycles. The van der Waals surface area contributed by atoms with Gasteiger partial charge in [0.25, 0.3) is 0 Å². The monoisotopic (exact) mass is 312 g/mol. The summed E-state index contributed by atoms with van der Waals surface area (Å²) >= 11 is 3.55. The molecular weight excluding hydrogens is 288 g/mol. The molecule has 0 aliphatic rings. The number of halogens is 1. The van der Waals surface area contributed by atoms with Crippen LogP contribution in [0, 0.1) is 0 Å². The minimum atomic E-state index is 0.189. The van der Waals surface area contributed by atoms with Crippen LogP contribution in [0.5, 0.6) is 0 Å². The molecule has 2 atom stereocenters. The zero-order valence-corrected chi connectivity index (χ0v) is 13.5. The van der Waals surface area contributed by atoms with Gasteiger partial charge in [0.05, 0.1) is 0 Å². The minimum absolute atomic E-state index is 0.189. The number of rotatable bonds is 6. The number of hydrogen-bond acceptors (Lipinski definition) is 2. The highest BCUT2D eigenvalue weighted by Gasteiger charge is 2.15. The Morgan fingerprint density at radius 3 is 2.44 bits per heavy atom. The van der Waals surface area contributed by atoms with Gasteiger partial charge in [-0.25, -0.2) is 0 Å². The van der Waals surface area contributed by atoms with E-state index in [1.807, 2.05) is 0 Å². The van der Waals surface area contributed by atoms with Crippen molar-refractivity contribution in [2.24, 2.45) is 5.73 Å². The predicted octanol–water partition coefficient (Wildman–Crippen LogP) is 3.96. The van der Waals surface area contributed by atoms with Gasteiger partial charge in [0.1, 0.15) is 0 Å². The van der Waals surface area contributed by atoms with Gasteiger partial charge in [0.2, 0.25) is 0 Å². The molecule has 0 aromatic heterocycles. The standard InChI is InChI=1S/C15H25BrN2/c1-5-12(4)18(6-2)15-8-7-14(16)10-13(15)9-11(3)17/h7-8,10-12H,5-6,9,17H2,1-4H3. The highest BCUT2D eigenvalue weighted by atomic mass is 79.9. The van der Waals surface area contributed by atoms with E-state index in [2.05, 4.69) is 66.7 Å². The number of nitrogens with two attached hydrogens (primary N) is 1. The fourth-order valence-corrected chi connectivity index (χ4v) is 2.69. The van der Waals surface area contributed by atoms with Crippen LogP contribution < -0.4 is 10.6 Å². The molecule has 1 rings (SSSR count). The number of hydrogen-bond donors (Lipinski definition) is 1. The molecule has 0 amide bonds. The Balaban J connectivity index is 3.12. The first-order valence-electron chi connectivity index (χ1n) is 6.80. The van der Waals surface area contributed by atoms with Crippen molar-refractivity contribution < 1.29 is 0 Å². The highest BCUT2D eigenvalue weighted by Crippen LogP contribution is 2.27. The van der Waals surface area contributed by atoms with E-state index in [1.54, 1.807) is 0 Å². The number of benzene rings is 1. The van der Waals surface area contributed by atoms with E-state index in [0.717, 1.165) is 23.9 Å². The van der Waals surface area contributed by atoms with Crippen molar-refractivity contribution in [3.05, 3.63) is 28.2 Å². The van der Waals surface area contributed by atoms with Crippen molar-refractivity contribution in [1.82, 2.24) is 0 Å². The first-order valence-corrected chi connectivity index (χ1v) is 7.59. The smallest absolute Gasteiger partial charge is 0.0402 e. The molecule has 0 saturated heterocycles. The predicted molar refractivity (Wildman–Crippen MR) is 84.3 cm³/mol. The molecule has 0 heterocycles. The largest absolute Gasteiger partial charge is 0.369 e. The summed E-state index contributed by atoms with van der Waals surface area (Å²) in [4.78, 5) is 2.46. The summed E-state index contributed by atoms with van der Waals surface area (Å²) in [6, 6.07) is 7.27. The summed E-state index contributed by atoms with van der Waals surface area (Å²) in [7, 11) is 0. The molecule has 2 unspecified atom stereocenters. The molecule has 0 bridgehead atoms. The topological polar surface area (TPSA) is 29.3 Å². The molecule has 3 heteroatoms. The molecule has 0 spiro atoms. The summed E-state index contributed by atoms with van der Waals surface area (Å²) in [5.41, 5.74) is 8.62. The van der Waals surface area contributed by atoms with Crippen LogP contribution in [0.3, 0.4) is 0 Å². The van der Waals surface area contributed by atoms with Gasteiger partial charge in [-0.1, -0.05) is 22.9 Å². The maximum atomic E-state index is 5.96. The molecule has 18 heavy (non-hydrogen) atoms. The van der Waals surface area contributed by atoms with Crippen molar-refractivity contribution in [1.29, 1.82) is 0 Å². The van der Waals surface area contributed by atoms with Crippen molar-refractivity contribution >= 4 is 21.6 Å². The molecule has 0 fully saturated rings. The van der Waals surface area contributed by atoms with Gasteiger partial charge in [-0.3, -0.25) is 0 Å². The lowest BCUT2D eigenvalue weighted by atomic mass is 10.0. The average Bonchev–Trinajstić information content (AvgIpc) is 2.31. The molecule has 2 N–H and O–H groups in total. The van der Waals surface area contributed by atoms with Crippen LogP contribution in [-0.4, -0.2) is 18.6 Å². The van der Waals surface area contributed by atoms with E-state index >= 15 is 0 Å². The molecule has 0 radical (unpaired) electrons. The van der Waals surface area contributed by atoms with Crippen LogP contribution >= 0.6 is 15.9 Å². The summed E-state index contributed by atoms with van der Waals surface area (Å²) in [5, 5.41) is 0. The van der Waals surface area contributed by atoms with Gasteiger partial charge in [-0.05, 0) is 57.4 Å². The molecule has 1 aromatic carbocycles. The second-order valence-electron chi connectivity index (χ2n) is 5.00. The van der Waals surface area contributed by atoms with E-state index in [1.165, 1.54) is 11.3 Å². The Kier molecular flexibility index (Phi) is 6.16. The van der Waals surface area contributed by atoms with Gasteiger partial charge in [0.15, 0.2) is 0 Å². The maximum Gasteiger partial charge on any atom is 0.0402 e. The Labute approximate surface area is 120 Å². The lowest BCUT2D eigenvalue weighted by Crippen LogP contribution is -2.33. The fourth-order valence-electron chi connectivity index (χ4n) is 2.28. The fraction of sp³-hybridized carbons (Fsp3) is 0.600. The lowest BCUT2D eigenvalue weighted by Gasteiger charge is -2.32. The second kappa shape index (κ2) is 7.15. The zero-order valence-electron chi connectivity index (χ0n) is 11.9. The van der Waals surface area contributed by atoms with E-state index in [9.17, 15) is 0 Å². The summed E-state index contributed by atoms with van der Waals surface area (Å²) in [6.07, 6.45) is 2.07. The Hall–Kier alpha value is -0.540. The van der Waals surface area contributed by atoms with Crippen LogP contribution in [0.25, 0.3) is 0 Å².